The van der Waals surface area contributed by atoms with Gasteiger partial charge < -0.3 is 5.32 Å². The van der Waals surface area contributed by atoms with Crippen molar-refractivity contribution in [1.29, 1.82) is 0 Å². The molecule has 0 aromatic heterocycles. The van der Waals surface area contributed by atoms with E-state index in [1.807, 2.05) is 12.1 Å². The molecule has 0 bridgehead atoms. The molecular weight excluding hydrogens is 284 g/mol. The van der Waals surface area contributed by atoms with Crippen molar-refractivity contribution in [3.05, 3.63) is 29.8 Å². The average molecular weight is 312 g/mol. The van der Waals surface area contributed by atoms with E-state index in [4.69, 9.17) is 0 Å². The van der Waals surface area contributed by atoms with Gasteiger partial charge in [0.1, 0.15) is 0 Å². The number of hydrogen-bond acceptors (Lipinski definition) is 3. The normalized spacial score (nSPS) is 15.4. The Morgan fingerprint density at radius 2 is 1.62 bits per heavy atom. The lowest BCUT2D eigenvalue weighted by atomic mass is 9.86. The third kappa shape index (κ3) is 4.28. The molecule has 0 saturated carbocycles. The Morgan fingerprint density at radius 3 is 2.00 bits per heavy atom. The predicted molar refractivity (Wildman–Crippen MR) is 88.0 cm³/mol. The summed E-state index contributed by atoms with van der Waals surface area (Å²) in [7, 11) is -0.254. The lowest BCUT2D eigenvalue weighted by molar-refractivity contribution is 0.360. The average Bonchev–Trinajstić information content (AvgIpc) is 2.43. The van der Waals surface area contributed by atoms with Crippen molar-refractivity contribution in [3.63, 3.8) is 0 Å². The molecule has 1 aromatic rings. The first-order valence-corrected chi connectivity index (χ1v) is 8.91. The van der Waals surface area contributed by atoms with Gasteiger partial charge in [0.25, 0.3) is 0 Å². The molecule has 5 heteroatoms. The van der Waals surface area contributed by atoms with Crippen LogP contribution >= 0.6 is 0 Å². The van der Waals surface area contributed by atoms with Crippen LogP contribution in [0.5, 0.6) is 0 Å². The minimum atomic E-state index is -3.35. The fourth-order valence-electron chi connectivity index (χ4n) is 2.59. The monoisotopic (exact) mass is 312 g/mol. The van der Waals surface area contributed by atoms with Crippen LogP contribution < -0.4 is 5.32 Å². The first-order valence-electron chi connectivity index (χ1n) is 7.47. The molecule has 0 aliphatic heterocycles. The molecule has 0 heterocycles. The summed E-state index contributed by atoms with van der Waals surface area (Å²) in [5.41, 5.74) is 1.16. The van der Waals surface area contributed by atoms with E-state index in [2.05, 4.69) is 33.0 Å². The maximum Gasteiger partial charge on any atom is 0.242 e. The predicted octanol–water partition coefficient (Wildman–Crippen LogP) is 2.67. The van der Waals surface area contributed by atoms with E-state index in [1.54, 1.807) is 26.2 Å². The van der Waals surface area contributed by atoms with Crippen molar-refractivity contribution in [2.45, 2.75) is 44.6 Å². The molecule has 1 rings (SSSR count). The van der Waals surface area contributed by atoms with E-state index in [0.29, 0.717) is 22.8 Å². The van der Waals surface area contributed by atoms with E-state index < -0.39 is 10.0 Å². The standard InChI is InChI=1S/C16H28N2O2S/c1-7-17-16(12(2)3)13(4)14-8-10-15(11-9-14)21(19,20)18(5)6/h8-13,16-17H,7H2,1-6H3. The van der Waals surface area contributed by atoms with Crippen LogP contribution in [0.3, 0.4) is 0 Å². The molecule has 1 aromatic carbocycles. The quantitative estimate of drug-likeness (QED) is 0.842. The Bertz CT molecular complexity index is 536. The van der Waals surface area contributed by atoms with Crippen LogP contribution in [0.1, 0.15) is 39.2 Å². The van der Waals surface area contributed by atoms with Crippen LogP contribution in [-0.2, 0) is 10.0 Å². The van der Waals surface area contributed by atoms with Crippen LogP contribution in [0.2, 0.25) is 0 Å². The summed E-state index contributed by atoms with van der Waals surface area (Å²) in [4.78, 5) is 0.341. The molecule has 1 N–H and O–H groups in total. The molecule has 2 atom stereocenters. The second-order valence-electron chi connectivity index (χ2n) is 5.97. The van der Waals surface area contributed by atoms with Gasteiger partial charge in [-0.1, -0.05) is 39.8 Å². The molecule has 0 amide bonds. The first-order chi connectivity index (χ1) is 9.71. The topological polar surface area (TPSA) is 49.4 Å². The molecule has 0 aliphatic rings. The Labute approximate surface area is 129 Å². The molecule has 0 spiro atoms. The summed E-state index contributed by atoms with van der Waals surface area (Å²) in [6.07, 6.45) is 0. The number of nitrogens with zero attached hydrogens (tertiary/aromatic N) is 1. The minimum Gasteiger partial charge on any atom is -0.313 e. The number of nitrogens with one attached hydrogen (secondary N) is 1. The summed E-state index contributed by atoms with van der Waals surface area (Å²) in [6.45, 7) is 9.63. The van der Waals surface area contributed by atoms with E-state index in [0.717, 1.165) is 12.1 Å². The number of benzene rings is 1. The summed E-state index contributed by atoms with van der Waals surface area (Å²) in [5, 5.41) is 3.52. The largest absolute Gasteiger partial charge is 0.313 e. The van der Waals surface area contributed by atoms with Gasteiger partial charge in [-0.25, -0.2) is 12.7 Å². The first kappa shape index (κ1) is 18.1. The lowest BCUT2D eigenvalue weighted by Crippen LogP contribution is -2.38. The number of likely N-dealkylation sites (N-methyl/N-ethyl adjacent to an activating group) is 1. The SMILES string of the molecule is CCNC(C(C)C)C(C)c1ccc(S(=O)(=O)N(C)C)cc1. The molecule has 0 saturated heterocycles. The maximum absolute atomic E-state index is 12.1. The third-order valence-corrected chi connectivity index (χ3v) is 5.71. The Hall–Kier alpha value is -0.910. The van der Waals surface area contributed by atoms with Crippen molar-refractivity contribution in [2.75, 3.05) is 20.6 Å². The van der Waals surface area contributed by atoms with Crippen molar-refractivity contribution in [1.82, 2.24) is 9.62 Å². The molecule has 0 fully saturated rings. The zero-order valence-electron chi connectivity index (χ0n) is 13.9. The minimum absolute atomic E-state index is 0.334. The Kier molecular flexibility index (Phi) is 6.38. The zero-order chi connectivity index (χ0) is 16.2. The van der Waals surface area contributed by atoms with Gasteiger partial charge in [0.15, 0.2) is 0 Å². The molecule has 120 valence electrons. The number of rotatable bonds is 7. The summed E-state index contributed by atoms with van der Waals surface area (Å²) >= 11 is 0. The highest BCUT2D eigenvalue weighted by atomic mass is 32.2. The lowest BCUT2D eigenvalue weighted by Gasteiger charge is -2.28. The van der Waals surface area contributed by atoms with E-state index >= 15 is 0 Å². The van der Waals surface area contributed by atoms with Crippen LogP contribution in [0, 0.1) is 5.92 Å². The highest BCUT2D eigenvalue weighted by Crippen LogP contribution is 2.25. The molecular formula is C16H28N2O2S. The van der Waals surface area contributed by atoms with Crippen molar-refractivity contribution in [3.8, 4) is 0 Å². The van der Waals surface area contributed by atoms with Crippen LogP contribution in [0.25, 0.3) is 0 Å². The molecule has 0 aliphatic carbocycles. The Balaban J connectivity index is 3.01. The Morgan fingerprint density at radius 1 is 1.10 bits per heavy atom. The summed E-state index contributed by atoms with van der Waals surface area (Å²) in [6, 6.07) is 7.63. The highest BCUT2D eigenvalue weighted by Gasteiger charge is 2.22. The van der Waals surface area contributed by atoms with E-state index in [1.165, 1.54) is 4.31 Å². The second-order valence-corrected chi connectivity index (χ2v) is 8.12. The number of hydrogen-bond donors (Lipinski definition) is 1. The highest BCUT2D eigenvalue weighted by molar-refractivity contribution is 7.89. The smallest absolute Gasteiger partial charge is 0.242 e. The van der Waals surface area contributed by atoms with E-state index in [-0.39, 0.29) is 0 Å². The van der Waals surface area contributed by atoms with Crippen molar-refractivity contribution >= 4 is 10.0 Å². The van der Waals surface area contributed by atoms with E-state index in [9.17, 15) is 8.42 Å². The van der Waals surface area contributed by atoms with Crippen molar-refractivity contribution in [2.24, 2.45) is 5.92 Å². The molecule has 4 nitrogen and oxygen atoms in total. The van der Waals surface area contributed by atoms with Gasteiger partial charge in [-0.3, -0.25) is 0 Å². The van der Waals surface area contributed by atoms with Crippen LogP contribution in [0.4, 0.5) is 0 Å². The van der Waals surface area contributed by atoms with Gasteiger partial charge in [-0.2, -0.15) is 0 Å². The van der Waals surface area contributed by atoms with Crippen LogP contribution in [0.15, 0.2) is 29.2 Å². The maximum atomic E-state index is 12.1. The third-order valence-electron chi connectivity index (χ3n) is 3.88. The molecule has 2 unspecified atom stereocenters. The number of sulfonamides is 1. The van der Waals surface area contributed by atoms with Crippen molar-refractivity contribution < 1.29 is 8.42 Å². The fourth-order valence-corrected chi connectivity index (χ4v) is 3.49. The van der Waals surface area contributed by atoms with Crippen LogP contribution in [-0.4, -0.2) is 39.4 Å². The summed E-state index contributed by atoms with van der Waals surface area (Å²) < 4.78 is 25.4. The zero-order valence-corrected chi connectivity index (χ0v) is 14.7. The molecule has 21 heavy (non-hydrogen) atoms. The van der Waals surface area contributed by atoms with Gasteiger partial charge in [-0.05, 0) is 36.1 Å². The van der Waals surface area contributed by atoms with Gasteiger partial charge in [0.2, 0.25) is 10.0 Å². The van der Waals surface area contributed by atoms with Gasteiger partial charge >= 0.3 is 0 Å². The second kappa shape index (κ2) is 7.38. The fraction of sp³-hybridized carbons (Fsp3) is 0.625. The summed E-state index contributed by atoms with van der Waals surface area (Å²) in [5.74, 6) is 0.853. The molecule has 0 radical (unpaired) electrons. The van der Waals surface area contributed by atoms with Gasteiger partial charge in [-0.15, -0.1) is 0 Å². The van der Waals surface area contributed by atoms with Gasteiger partial charge in [0, 0.05) is 20.1 Å². The van der Waals surface area contributed by atoms with Gasteiger partial charge in [0.05, 0.1) is 4.90 Å².